The summed E-state index contributed by atoms with van der Waals surface area (Å²) in [6.07, 6.45) is 0.490. The lowest BCUT2D eigenvalue weighted by Gasteiger charge is -2.10. The molecule has 0 amide bonds. The van der Waals surface area contributed by atoms with Gasteiger partial charge in [0, 0.05) is 6.42 Å². The maximum atomic E-state index is 12.0. The van der Waals surface area contributed by atoms with Crippen LogP contribution in [0.5, 0.6) is 0 Å². The van der Waals surface area contributed by atoms with E-state index in [0.717, 1.165) is 5.56 Å². The molecule has 0 saturated heterocycles. The normalized spacial score (nSPS) is 12.4. The van der Waals surface area contributed by atoms with Crippen LogP contribution < -0.4 is 5.56 Å². The second-order valence-electron chi connectivity index (χ2n) is 4.99. The van der Waals surface area contributed by atoms with Crippen LogP contribution >= 0.6 is 0 Å². The molecule has 2 N–H and O–H groups in total. The van der Waals surface area contributed by atoms with Crippen molar-refractivity contribution in [1.29, 1.82) is 0 Å². The Bertz CT molecular complexity index is 796. The molecule has 0 saturated carbocycles. The van der Waals surface area contributed by atoms with Crippen molar-refractivity contribution in [3.8, 4) is 0 Å². The summed E-state index contributed by atoms with van der Waals surface area (Å²) in [6, 6.07) is 16.7. The molecular weight excluding hydrogens is 264 g/mol. The van der Waals surface area contributed by atoms with Gasteiger partial charge in [-0.15, -0.1) is 0 Å². The van der Waals surface area contributed by atoms with Gasteiger partial charge in [-0.25, -0.2) is 4.98 Å². The number of rotatable bonds is 4. The number of benzene rings is 2. The second kappa shape index (κ2) is 5.89. The quantitative estimate of drug-likeness (QED) is 0.772. The minimum absolute atomic E-state index is 0.134. The van der Waals surface area contributed by atoms with Crippen molar-refractivity contribution >= 4 is 10.9 Å². The first-order valence-electron chi connectivity index (χ1n) is 6.95. The first kappa shape index (κ1) is 13.5. The van der Waals surface area contributed by atoms with E-state index in [0.29, 0.717) is 29.6 Å². The Labute approximate surface area is 122 Å². The zero-order valence-electron chi connectivity index (χ0n) is 11.5. The number of hydrogen-bond acceptors (Lipinski definition) is 3. The number of aliphatic hydroxyl groups excluding tert-OH is 1. The fraction of sp³-hybridized carbons (Fsp3) is 0.176. The maximum Gasteiger partial charge on any atom is 0.258 e. The lowest BCUT2D eigenvalue weighted by atomic mass is 10.0. The van der Waals surface area contributed by atoms with E-state index >= 15 is 0 Å². The molecule has 0 bridgehead atoms. The van der Waals surface area contributed by atoms with Gasteiger partial charge in [-0.1, -0.05) is 42.5 Å². The molecule has 3 rings (SSSR count). The zero-order valence-corrected chi connectivity index (χ0v) is 11.5. The van der Waals surface area contributed by atoms with Crippen molar-refractivity contribution in [2.75, 3.05) is 0 Å². The summed E-state index contributed by atoms with van der Waals surface area (Å²) in [6.45, 7) is 0. The van der Waals surface area contributed by atoms with Crippen LogP contribution in [0.2, 0.25) is 0 Å². The lowest BCUT2D eigenvalue weighted by Crippen LogP contribution is -2.12. The Morgan fingerprint density at radius 2 is 1.76 bits per heavy atom. The van der Waals surface area contributed by atoms with Gasteiger partial charge in [0.1, 0.15) is 5.82 Å². The minimum Gasteiger partial charge on any atom is -0.388 e. The Balaban J connectivity index is 1.78. The zero-order chi connectivity index (χ0) is 14.7. The van der Waals surface area contributed by atoms with Gasteiger partial charge in [0.05, 0.1) is 17.0 Å². The number of fused-ring (bicyclic) bond motifs is 1. The molecule has 21 heavy (non-hydrogen) atoms. The summed E-state index contributed by atoms with van der Waals surface area (Å²) in [5, 5.41) is 10.7. The standard InChI is InChI=1S/C17H16N2O2/c20-15(12-6-2-1-3-7-12)10-11-16-18-14-9-5-4-8-13(14)17(21)19-16/h1-9,15,20H,10-11H2,(H,18,19,21). The smallest absolute Gasteiger partial charge is 0.258 e. The molecule has 1 heterocycles. The molecule has 1 aromatic heterocycles. The highest BCUT2D eigenvalue weighted by molar-refractivity contribution is 5.77. The lowest BCUT2D eigenvalue weighted by molar-refractivity contribution is 0.167. The summed E-state index contributed by atoms with van der Waals surface area (Å²) < 4.78 is 0. The molecule has 106 valence electrons. The topological polar surface area (TPSA) is 66.0 Å². The van der Waals surface area contributed by atoms with Crippen molar-refractivity contribution in [3.05, 3.63) is 76.3 Å². The first-order valence-corrected chi connectivity index (χ1v) is 6.95. The highest BCUT2D eigenvalue weighted by Gasteiger charge is 2.09. The molecule has 4 nitrogen and oxygen atoms in total. The fourth-order valence-electron chi connectivity index (χ4n) is 2.37. The number of nitrogens with zero attached hydrogens (tertiary/aromatic N) is 1. The molecule has 0 radical (unpaired) electrons. The number of H-pyrrole nitrogens is 1. The van der Waals surface area contributed by atoms with Crippen LogP contribution in [-0.4, -0.2) is 15.1 Å². The fourth-order valence-corrected chi connectivity index (χ4v) is 2.37. The molecule has 0 aliphatic rings. The molecule has 0 aliphatic heterocycles. The van der Waals surface area contributed by atoms with Crippen LogP contribution in [0.1, 0.15) is 23.9 Å². The van der Waals surface area contributed by atoms with E-state index < -0.39 is 6.10 Å². The van der Waals surface area contributed by atoms with Crippen molar-refractivity contribution in [2.24, 2.45) is 0 Å². The Morgan fingerprint density at radius 3 is 2.57 bits per heavy atom. The number of aryl methyl sites for hydroxylation is 1. The number of nitrogens with one attached hydrogen (secondary N) is 1. The number of aromatic amines is 1. The van der Waals surface area contributed by atoms with Crippen molar-refractivity contribution < 1.29 is 5.11 Å². The third-order valence-corrected chi connectivity index (χ3v) is 3.50. The van der Waals surface area contributed by atoms with Crippen molar-refractivity contribution in [2.45, 2.75) is 18.9 Å². The summed E-state index contributed by atoms with van der Waals surface area (Å²) in [5.41, 5.74) is 1.43. The van der Waals surface area contributed by atoms with Gasteiger partial charge in [0.15, 0.2) is 0 Å². The molecular formula is C17H16N2O2. The highest BCUT2D eigenvalue weighted by Crippen LogP contribution is 2.17. The predicted molar refractivity (Wildman–Crippen MR) is 82.1 cm³/mol. The van der Waals surface area contributed by atoms with Crippen molar-refractivity contribution in [1.82, 2.24) is 9.97 Å². The molecule has 0 aliphatic carbocycles. The first-order chi connectivity index (χ1) is 10.2. The number of para-hydroxylation sites is 1. The molecule has 0 fully saturated rings. The van der Waals surface area contributed by atoms with E-state index in [2.05, 4.69) is 9.97 Å². The summed E-state index contributed by atoms with van der Waals surface area (Å²) in [7, 11) is 0. The van der Waals surface area contributed by atoms with Gasteiger partial charge in [0.2, 0.25) is 0 Å². The van der Waals surface area contributed by atoms with Gasteiger partial charge in [0.25, 0.3) is 5.56 Å². The molecule has 2 aromatic carbocycles. The Morgan fingerprint density at radius 1 is 1.05 bits per heavy atom. The van der Waals surface area contributed by atoms with Gasteiger partial charge in [-0.05, 0) is 24.1 Å². The van der Waals surface area contributed by atoms with E-state index in [1.165, 1.54) is 0 Å². The second-order valence-corrected chi connectivity index (χ2v) is 4.99. The third kappa shape index (κ3) is 3.01. The SMILES string of the molecule is O=c1[nH]c(CCC(O)c2ccccc2)nc2ccccc12. The number of aliphatic hydroxyl groups is 1. The van der Waals surface area contributed by atoms with E-state index in [1.807, 2.05) is 48.5 Å². The van der Waals surface area contributed by atoms with Crippen LogP contribution in [0.15, 0.2) is 59.4 Å². The molecule has 0 spiro atoms. The monoisotopic (exact) mass is 280 g/mol. The van der Waals surface area contributed by atoms with Gasteiger partial charge in [-0.2, -0.15) is 0 Å². The van der Waals surface area contributed by atoms with Crippen molar-refractivity contribution in [3.63, 3.8) is 0 Å². The summed E-state index contributed by atoms with van der Waals surface area (Å²) in [4.78, 5) is 19.2. The summed E-state index contributed by atoms with van der Waals surface area (Å²) in [5.74, 6) is 0.605. The van der Waals surface area contributed by atoms with E-state index in [9.17, 15) is 9.90 Å². The molecule has 1 atom stereocenters. The van der Waals surface area contributed by atoms with E-state index in [-0.39, 0.29) is 5.56 Å². The van der Waals surface area contributed by atoms with Crippen LogP contribution in [0.4, 0.5) is 0 Å². The molecule has 4 heteroatoms. The average molecular weight is 280 g/mol. The van der Waals surface area contributed by atoms with Crippen LogP contribution in [-0.2, 0) is 6.42 Å². The van der Waals surface area contributed by atoms with Crippen LogP contribution in [0.25, 0.3) is 10.9 Å². The Hall–Kier alpha value is -2.46. The minimum atomic E-state index is -0.553. The maximum absolute atomic E-state index is 12.0. The van der Waals surface area contributed by atoms with Crippen LogP contribution in [0, 0.1) is 0 Å². The summed E-state index contributed by atoms with van der Waals surface area (Å²) >= 11 is 0. The van der Waals surface area contributed by atoms with Gasteiger partial charge < -0.3 is 10.1 Å². The number of hydrogen-bond donors (Lipinski definition) is 2. The van der Waals surface area contributed by atoms with Gasteiger partial charge >= 0.3 is 0 Å². The van der Waals surface area contributed by atoms with E-state index in [1.54, 1.807) is 6.07 Å². The van der Waals surface area contributed by atoms with Gasteiger partial charge in [-0.3, -0.25) is 4.79 Å². The predicted octanol–water partition coefficient (Wildman–Crippen LogP) is 2.59. The molecule has 1 unspecified atom stereocenters. The average Bonchev–Trinajstić information content (AvgIpc) is 2.53. The molecule has 3 aromatic rings. The number of aromatic nitrogens is 2. The largest absolute Gasteiger partial charge is 0.388 e. The van der Waals surface area contributed by atoms with E-state index in [4.69, 9.17) is 0 Å². The highest BCUT2D eigenvalue weighted by atomic mass is 16.3. The van der Waals surface area contributed by atoms with Crippen LogP contribution in [0.3, 0.4) is 0 Å². The Kier molecular flexibility index (Phi) is 3.79. The third-order valence-electron chi connectivity index (χ3n) is 3.50.